The lowest BCUT2D eigenvalue weighted by Crippen LogP contribution is -2.21. The van der Waals surface area contributed by atoms with Crippen LogP contribution in [0.4, 0.5) is 10.5 Å². The Labute approximate surface area is 171 Å². The summed E-state index contributed by atoms with van der Waals surface area (Å²) in [5.74, 6) is 0. The summed E-state index contributed by atoms with van der Waals surface area (Å²) in [5.41, 5.74) is 13.1. The number of amides is 2. The zero-order chi connectivity index (χ0) is 19.7. The topological polar surface area (TPSA) is 107 Å². The number of aryl methyl sites for hydroxylation is 2. The maximum atomic E-state index is 11.1. The highest BCUT2D eigenvalue weighted by Gasteiger charge is 2.24. The summed E-state index contributed by atoms with van der Waals surface area (Å²) < 4.78 is 16.9. The Morgan fingerprint density at radius 3 is 2.29 bits per heavy atom. The van der Waals surface area contributed by atoms with Crippen LogP contribution in [-0.4, -0.2) is 16.8 Å². The Bertz CT molecular complexity index is 884. The number of ether oxygens (including phenoxy) is 1. The quantitative estimate of drug-likeness (QED) is 0.696. The van der Waals surface area contributed by atoms with Crippen molar-refractivity contribution in [2.75, 3.05) is 11.9 Å². The Kier molecular flexibility index (Phi) is 5.82. The summed E-state index contributed by atoms with van der Waals surface area (Å²) >= 11 is 1.49. The Hall–Kier alpha value is -1.74. The monoisotopic (exact) mass is 419 g/mol. The molecule has 1 unspecified atom stereocenters. The van der Waals surface area contributed by atoms with Crippen molar-refractivity contribution >= 4 is 34.0 Å². The predicted octanol–water partition coefficient (Wildman–Crippen LogP) is 2.96. The molecule has 1 aliphatic heterocycles. The number of fused-ring (bicyclic) bond motifs is 3. The van der Waals surface area contributed by atoms with Crippen molar-refractivity contribution in [1.82, 2.24) is 0 Å². The van der Waals surface area contributed by atoms with E-state index in [2.05, 4.69) is 11.4 Å². The minimum atomic E-state index is -1.33. The first-order valence-electron chi connectivity index (χ1n) is 9.61. The number of anilines is 1. The second-order valence-electron chi connectivity index (χ2n) is 7.34. The molecule has 2 aromatic rings. The van der Waals surface area contributed by atoms with Crippen LogP contribution < -0.4 is 16.2 Å². The van der Waals surface area contributed by atoms with Gasteiger partial charge in [-0.1, -0.05) is 6.07 Å². The summed E-state index contributed by atoms with van der Waals surface area (Å²) in [6.45, 7) is 1.41. The Morgan fingerprint density at radius 1 is 1.04 bits per heavy atom. The third-order valence-electron chi connectivity index (χ3n) is 5.54. The number of benzene rings is 1. The zero-order valence-corrected chi connectivity index (χ0v) is 17.3. The van der Waals surface area contributed by atoms with Crippen LogP contribution in [0.25, 0.3) is 0 Å². The van der Waals surface area contributed by atoms with Gasteiger partial charge in [0, 0.05) is 10.6 Å². The number of hydrogen-bond donors (Lipinski definition) is 3. The number of hydrogen-bond acceptors (Lipinski definition) is 4. The van der Waals surface area contributed by atoms with Gasteiger partial charge in [0.1, 0.15) is 15.2 Å². The van der Waals surface area contributed by atoms with E-state index in [0.29, 0.717) is 6.61 Å². The van der Waals surface area contributed by atoms with E-state index < -0.39 is 17.0 Å². The third-order valence-corrected chi connectivity index (χ3v) is 7.75. The smallest absolute Gasteiger partial charge is 0.316 e. The summed E-state index contributed by atoms with van der Waals surface area (Å²) in [6.07, 6.45) is 7.78. The number of rotatable bonds is 2. The minimum absolute atomic E-state index is 0.436. The second-order valence-corrected chi connectivity index (χ2v) is 9.77. The van der Waals surface area contributed by atoms with Gasteiger partial charge in [0.15, 0.2) is 0 Å². The fourth-order valence-electron chi connectivity index (χ4n) is 4.31. The lowest BCUT2D eigenvalue weighted by Gasteiger charge is -2.14. The standard InChI is InChI=1S/C13H16N2O.C7H9NO2S2/c14-13(16)15-12-10-5-1-3-8(10)7-9-4-2-6-11(9)12;8-12(9)7-3-5-1-2-10-4-6(5)11-7/h7H,1-6H2,(H3,14,15,16);3H,1-2,4,8H2. The Morgan fingerprint density at radius 2 is 1.71 bits per heavy atom. The summed E-state index contributed by atoms with van der Waals surface area (Å²) in [5, 5.41) is 8.11. The normalized spacial score (nSPS) is 17.8. The molecule has 2 heterocycles. The van der Waals surface area contributed by atoms with Crippen molar-refractivity contribution in [3.05, 3.63) is 44.8 Å². The van der Waals surface area contributed by atoms with E-state index in [1.54, 1.807) is 0 Å². The molecular weight excluding hydrogens is 394 g/mol. The van der Waals surface area contributed by atoms with Crippen LogP contribution in [0.1, 0.15) is 45.5 Å². The number of carbonyl (C=O) groups excluding carboxylic acids is 1. The molecule has 1 aromatic heterocycles. The van der Waals surface area contributed by atoms with Gasteiger partial charge in [-0.05, 0) is 78.8 Å². The van der Waals surface area contributed by atoms with Crippen LogP contribution >= 0.6 is 11.3 Å². The van der Waals surface area contributed by atoms with E-state index in [1.165, 1.54) is 56.9 Å². The Balaban J connectivity index is 0.000000143. The molecule has 1 aromatic carbocycles. The largest absolute Gasteiger partial charge is 0.376 e. The molecule has 28 heavy (non-hydrogen) atoms. The van der Waals surface area contributed by atoms with E-state index in [1.807, 2.05) is 6.07 Å². The number of nitrogens with one attached hydrogen (secondary N) is 1. The van der Waals surface area contributed by atoms with E-state index in [0.717, 1.165) is 48.6 Å². The van der Waals surface area contributed by atoms with Crippen LogP contribution in [0.3, 0.4) is 0 Å². The molecule has 8 heteroatoms. The second kappa shape index (κ2) is 8.32. The molecule has 0 saturated heterocycles. The van der Waals surface area contributed by atoms with Crippen molar-refractivity contribution < 1.29 is 13.7 Å². The van der Waals surface area contributed by atoms with Crippen LogP contribution in [0.5, 0.6) is 0 Å². The molecule has 0 fully saturated rings. The molecule has 150 valence electrons. The van der Waals surface area contributed by atoms with Gasteiger partial charge in [0.2, 0.25) is 0 Å². The van der Waals surface area contributed by atoms with E-state index >= 15 is 0 Å². The fraction of sp³-hybridized carbons (Fsp3) is 0.450. The van der Waals surface area contributed by atoms with Crippen LogP contribution in [0.2, 0.25) is 0 Å². The molecule has 0 saturated carbocycles. The van der Waals surface area contributed by atoms with Crippen molar-refractivity contribution in [2.24, 2.45) is 10.9 Å². The van der Waals surface area contributed by atoms with Crippen molar-refractivity contribution in [1.29, 1.82) is 0 Å². The number of primary amides is 1. The molecule has 6 nitrogen and oxygen atoms in total. The highest BCUT2D eigenvalue weighted by atomic mass is 32.2. The maximum absolute atomic E-state index is 11.1. The molecule has 5 rings (SSSR count). The van der Waals surface area contributed by atoms with Gasteiger partial charge in [-0.15, -0.1) is 11.3 Å². The van der Waals surface area contributed by atoms with E-state index in [-0.39, 0.29) is 0 Å². The zero-order valence-electron chi connectivity index (χ0n) is 15.7. The van der Waals surface area contributed by atoms with E-state index in [4.69, 9.17) is 15.6 Å². The van der Waals surface area contributed by atoms with Gasteiger partial charge in [0.05, 0.1) is 13.2 Å². The molecular formula is C20H25N3O3S2. The lowest BCUT2D eigenvalue weighted by atomic mass is 9.99. The van der Waals surface area contributed by atoms with E-state index in [9.17, 15) is 9.00 Å². The molecule has 0 radical (unpaired) electrons. The molecule has 3 aliphatic rings. The van der Waals surface area contributed by atoms with Gasteiger partial charge in [-0.3, -0.25) is 0 Å². The highest BCUT2D eigenvalue weighted by molar-refractivity contribution is 7.85. The molecule has 0 spiro atoms. The van der Waals surface area contributed by atoms with Crippen LogP contribution in [0.15, 0.2) is 16.3 Å². The van der Waals surface area contributed by atoms with Gasteiger partial charge in [0.25, 0.3) is 0 Å². The van der Waals surface area contributed by atoms with Gasteiger partial charge in [-0.25, -0.2) is 14.1 Å². The minimum Gasteiger partial charge on any atom is -0.376 e. The van der Waals surface area contributed by atoms with Crippen molar-refractivity contribution in [3.63, 3.8) is 0 Å². The molecule has 2 aliphatic carbocycles. The number of thiophene rings is 1. The van der Waals surface area contributed by atoms with Crippen LogP contribution in [-0.2, 0) is 54.4 Å². The van der Waals surface area contributed by atoms with Crippen LogP contribution in [0, 0.1) is 0 Å². The molecule has 2 amide bonds. The first-order valence-corrected chi connectivity index (χ1v) is 11.6. The number of carbonyl (C=O) groups is 1. The van der Waals surface area contributed by atoms with Gasteiger partial charge >= 0.3 is 6.03 Å². The van der Waals surface area contributed by atoms with Gasteiger partial charge in [-0.2, -0.15) is 0 Å². The highest BCUT2D eigenvalue weighted by Crippen LogP contribution is 2.38. The molecule has 0 bridgehead atoms. The average molecular weight is 420 g/mol. The summed E-state index contributed by atoms with van der Waals surface area (Å²) in [6, 6.07) is 3.84. The SMILES string of the molecule is NC(=O)Nc1c2c(cc3c1CCC3)CCC2.NS(=O)c1cc2c(s1)COCC2. The summed E-state index contributed by atoms with van der Waals surface area (Å²) in [4.78, 5) is 12.3. The molecule has 5 N–H and O–H groups in total. The average Bonchev–Trinajstić information content (AvgIpc) is 3.40. The predicted molar refractivity (Wildman–Crippen MR) is 112 cm³/mol. The van der Waals surface area contributed by atoms with Crippen molar-refractivity contribution in [3.8, 4) is 0 Å². The first kappa shape index (κ1) is 19.6. The van der Waals surface area contributed by atoms with Gasteiger partial charge < -0.3 is 15.8 Å². The summed E-state index contributed by atoms with van der Waals surface area (Å²) in [7, 11) is -1.33. The first-order chi connectivity index (χ1) is 13.5. The maximum Gasteiger partial charge on any atom is 0.316 e. The fourth-order valence-corrected chi connectivity index (χ4v) is 6.08. The third kappa shape index (κ3) is 4.00. The van der Waals surface area contributed by atoms with Crippen molar-refractivity contribution in [2.45, 2.75) is 55.8 Å². The molecule has 1 atom stereocenters. The number of urea groups is 1. The number of nitrogens with two attached hydrogens (primary N) is 2. The lowest BCUT2D eigenvalue weighted by molar-refractivity contribution is 0.113.